The molecule has 0 saturated heterocycles. The SMILES string of the molecule is NC[C@@H]1CC1(c1ccc(O)cc1)C1CCCC1. The summed E-state index contributed by atoms with van der Waals surface area (Å²) < 4.78 is 0. The molecule has 1 unspecified atom stereocenters. The maximum absolute atomic E-state index is 9.41. The van der Waals surface area contributed by atoms with Crippen molar-refractivity contribution in [2.75, 3.05) is 6.54 Å². The van der Waals surface area contributed by atoms with E-state index in [0.717, 1.165) is 12.5 Å². The number of hydrogen-bond donors (Lipinski definition) is 2. The van der Waals surface area contributed by atoms with Gasteiger partial charge in [-0.25, -0.2) is 0 Å². The van der Waals surface area contributed by atoms with Gasteiger partial charge < -0.3 is 10.8 Å². The van der Waals surface area contributed by atoms with E-state index >= 15 is 0 Å². The fourth-order valence-corrected chi connectivity index (χ4v) is 3.94. The van der Waals surface area contributed by atoms with Crippen molar-refractivity contribution in [3.05, 3.63) is 29.8 Å². The Hall–Kier alpha value is -1.02. The van der Waals surface area contributed by atoms with Crippen LogP contribution in [0.5, 0.6) is 5.75 Å². The second-order valence-corrected chi connectivity index (χ2v) is 5.71. The number of rotatable bonds is 3. The summed E-state index contributed by atoms with van der Waals surface area (Å²) in [5, 5.41) is 9.41. The van der Waals surface area contributed by atoms with Crippen molar-refractivity contribution in [2.24, 2.45) is 17.6 Å². The molecule has 3 N–H and O–H groups in total. The lowest BCUT2D eigenvalue weighted by molar-refractivity contribution is 0.385. The molecule has 2 nitrogen and oxygen atoms in total. The molecule has 0 spiro atoms. The van der Waals surface area contributed by atoms with Crippen molar-refractivity contribution in [3.8, 4) is 5.75 Å². The van der Waals surface area contributed by atoms with Gasteiger partial charge in [0.2, 0.25) is 0 Å². The third-order valence-electron chi connectivity index (χ3n) is 4.93. The van der Waals surface area contributed by atoms with E-state index in [2.05, 4.69) is 12.1 Å². The van der Waals surface area contributed by atoms with Crippen molar-refractivity contribution in [1.82, 2.24) is 0 Å². The molecule has 1 aromatic carbocycles. The van der Waals surface area contributed by atoms with Gasteiger partial charge in [0.15, 0.2) is 0 Å². The summed E-state index contributed by atoms with van der Waals surface area (Å²) >= 11 is 0. The lowest BCUT2D eigenvalue weighted by Crippen LogP contribution is -2.23. The van der Waals surface area contributed by atoms with Gasteiger partial charge in [0.05, 0.1) is 0 Å². The molecule has 0 amide bonds. The fourth-order valence-electron chi connectivity index (χ4n) is 3.94. The Bertz CT molecular complexity index is 394. The van der Waals surface area contributed by atoms with Crippen LogP contribution in [-0.4, -0.2) is 11.7 Å². The van der Waals surface area contributed by atoms with E-state index in [4.69, 9.17) is 5.73 Å². The van der Waals surface area contributed by atoms with Crippen molar-refractivity contribution < 1.29 is 5.11 Å². The van der Waals surface area contributed by atoms with E-state index in [1.165, 1.54) is 37.7 Å². The van der Waals surface area contributed by atoms with Gasteiger partial charge in [-0.15, -0.1) is 0 Å². The minimum Gasteiger partial charge on any atom is -0.508 e. The highest BCUT2D eigenvalue weighted by atomic mass is 16.3. The zero-order valence-corrected chi connectivity index (χ0v) is 10.2. The molecule has 17 heavy (non-hydrogen) atoms. The van der Waals surface area contributed by atoms with Crippen LogP contribution in [0.25, 0.3) is 0 Å². The van der Waals surface area contributed by atoms with Crippen LogP contribution in [0.1, 0.15) is 37.7 Å². The third kappa shape index (κ3) is 1.66. The first-order valence-corrected chi connectivity index (χ1v) is 6.77. The molecule has 1 aromatic rings. The molecule has 2 fully saturated rings. The lowest BCUT2D eigenvalue weighted by Gasteiger charge is -2.25. The maximum Gasteiger partial charge on any atom is 0.115 e. The van der Waals surface area contributed by atoms with Gasteiger partial charge in [0.1, 0.15) is 5.75 Å². The molecule has 92 valence electrons. The molecular weight excluding hydrogens is 210 g/mol. The highest BCUT2D eigenvalue weighted by Crippen LogP contribution is 2.62. The monoisotopic (exact) mass is 231 g/mol. The predicted molar refractivity (Wildman–Crippen MR) is 68.9 cm³/mol. The van der Waals surface area contributed by atoms with Gasteiger partial charge in [-0.05, 0) is 55.3 Å². The number of nitrogens with two attached hydrogens (primary N) is 1. The van der Waals surface area contributed by atoms with Crippen LogP contribution in [0.15, 0.2) is 24.3 Å². The first kappa shape index (κ1) is 11.1. The van der Waals surface area contributed by atoms with Gasteiger partial charge in [0.25, 0.3) is 0 Å². The predicted octanol–water partition coefficient (Wildman–Crippen LogP) is 2.80. The highest BCUT2D eigenvalue weighted by Gasteiger charge is 2.58. The van der Waals surface area contributed by atoms with Gasteiger partial charge in [-0.2, -0.15) is 0 Å². The van der Waals surface area contributed by atoms with Crippen LogP contribution in [0.3, 0.4) is 0 Å². The molecule has 2 aliphatic rings. The van der Waals surface area contributed by atoms with Crippen molar-refractivity contribution >= 4 is 0 Å². The number of hydrogen-bond acceptors (Lipinski definition) is 2. The summed E-state index contributed by atoms with van der Waals surface area (Å²) in [4.78, 5) is 0. The number of aromatic hydroxyl groups is 1. The van der Waals surface area contributed by atoms with Crippen molar-refractivity contribution in [3.63, 3.8) is 0 Å². The molecule has 0 radical (unpaired) electrons. The summed E-state index contributed by atoms with van der Waals surface area (Å²) in [6.07, 6.45) is 6.72. The Balaban J connectivity index is 1.92. The second kappa shape index (κ2) is 4.02. The van der Waals surface area contributed by atoms with Gasteiger partial charge in [0, 0.05) is 5.41 Å². The van der Waals surface area contributed by atoms with E-state index in [1.807, 2.05) is 12.1 Å². The van der Waals surface area contributed by atoms with E-state index in [1.54, 1.807) is 0 Å². The van der Waals surface area contributed by atoms with Crippen LogP contribution in [0, 0.1) is 11.8 Å². The zero-order chi connectivity index (χ0) is 11.9. The molecule has 0 aliphatic heterocycles. The molecule has 2 aliphatic carbocycles. The summed E-state index contributed by atoms with van der Waals surface area (Å²) in [6, 6.07) is 7.84. The Morgan fingerprint density at radius 2 is 1.82 bits per heavy atom. The third-order valence-corrected chi connectivity index (χ3v) is 4.93. The Morgan fingerprint density at radius 1 is 1.18 bits per heavy atom. The Labute approximate surface area is 103 Å². The molecule has 2 atom stereocenters. The quantitative estimate of drug-likeness (QED) is 0.840. The van der Waals surface area contributed by atoms with Gasteiger partial charge >= 0.3 is 0 Å². The summed E-state index contributed by atoms with van der Waals surface area (Å²) in [6.45, 7) is 0.803. The van der Waals surface area contributed by atoms with Gasteiger partial charge in [-0.1, -0.05) is 25.0 Å². The standard InChI is InChI=1S/C15H21NO/c16-10-13-9-15(13,11-3-1-2-4-11)12-5-7-14(17)8-6-12/h5-8,11,13,17H,1-4,9-10,16H2/t13-,15?/m0/s1. The van der Waals surface area contributed by atoms with E-state index in [0.29, 0.717) is 17.1 Å². The highest BCUT2D eigenvalue weighted by molar-refractivity contribution is 5.38. The van der Waals surface area contributed by atoms with Crippen LogP contribution in [0.4, 0.5) is 0 Å². The molecule has 0 aromatic heterocycles. The summed E-state index contributed by atoms with van der Waals surface area (Å²) in [7, 11) is 0. The lowest BCUT2D eigenvalue weighted by atomic mass is 9.79. The van der Waals surface area contributed by atoms with Crippen LogP contribution >= 0.6 is 0 Å². The second-order valence-electron chi connectivity index (χ2n) is 5.71. The first-order chi connectivity index (χ1) is 8.27. The van der Waals surface area contributed by atoms with E-state index < -0.39 is 0 Å². The minimum absolute atomic E-state index is 0.346. The summed E-state index contributed by atoms with van der Waals surface area (Å²) in [5.74, 6) is 1.84. The topological polar surface area (TPSA) is 46.2 Å². The molecule has 2 saturated carbocycles. The maximum atomic E-state index is 9.41. The van der Waals surface area contributed by atoms with E-state index in [9.17, 15) is 5.11 Å². The number of benzene rings is 1. The largest absolute Gasteiger partial charge is 0.508 e. The number of phenols is 1. The summed E-state index contributed by atoms with van der Waals surface area (Å²) in [5.41, 5.74) is 7.64. The average molecular weight is 231 g/mol. The van der Waals surface area contributed by atoms with Crippen molar-refractivity contribution in [2.45, 2.75) is 37.5 Å². The van der Waals surface area contributed by atoms with Crippen molar-refractivity contribution in [1.29, 1.82) is 0 Å². The molecule has 0 bridgehead atoms. The number of phenolic OH excluding ortho intramolecular Hbond substituents is 1. The van der Waals surface area contributed by atoms with Gasteiger partial charge in [-0.3, -0.25) is 0 Å². The van der Waals surface area contributed by atoms with Crippen LogP contribution < -0.4 is 5.73 Å². The molecule has 2 heteroatoms. The average Bonchev–Trinajstić information content (AvgIpc) is 2.84. The zero-order valence-electron chi connectivity index (χ0n) is 10.2. The molecule has 3 rings (SSSR count). The van der Waals surface area contributed by atoms with Crippen LogP contribution in [-0.2, 0) is 5.41 Å². The molecule has 0 heterocycles. The van der Waals surface area contributed by atoms with E-state index in [-0.39, 0.29) is 0 Å². The fraction of sp³-hybridized carbons (Fsp3) is 0.600. The Morgan fingerprint density at radius 3 is 2.35 bits per heavy atom. The first-order valence-electron chi connectivity index (χ1n) is 6.77. The minimum atomic E-state index is 0.346. The van der Waals surface area contributed by atoms with Crippen LogP contribution in [0.2, 0.25) is 0 Å². The molecular formula is C15H21NO. The smallest absolute Gasteiger partial charge is 0.115 e. The Kier molecular flexibility index (Phi) is 2.62. The normalized spacial score (nSPS) is 32.9.